The lowest BCUT2D eigenvalue weighted by Gasteiger charge is -2.25. The van der Waals surface area contributed by atoms with Gasteiger partial charge in [0.25, 0.3) is 0 Å². The highest BCUT2D eigenvalue weighted by Gasteiger charge is 2.24. The topological polar surface area (TPSA) is 175 Å². The summed E-state index contributed by atoms with van der Waals surface area (Å²) in [6, 6.07) is 156. The highest BCUT2D eigenvalue weighted by molar-refractivity contribution is 6.15. The van der Waals surface area contributed by atoms with Gasteiger partial charge in [-0.25, -0.2) is 0 Å². The number of nitriles is 4. The van der Waals surface area contributed by atoms with Gasteiger partial charge in [-0.2, -0.15) is 21.0 Å². The van der Waals surface area contributed by atoms with E-state index in [0.717, 1.165) is 123 Å². The molecule has 0 atom stereocenters. The van der Waals surface area contributed by atoms with Gasteiger partial charge >= 0.3 is 0 Å². The Hall–Kier alpha value is -19.9. The number of hydrogen-bond donors (Lipinski definition) is 0. The highest BCUT2D eigenvalue weighted by Crippen LogP contribution is 2.45. The fourth-order valence-electron chi connectivity index (χ4n) is 20.3. The van der Waals surface area contributed by atoms with Gasteiger partial charge in [0.15, 0.2) is 0 Å². The summed E-state index contributed by atoms with van der Waals surface area (Å²) in [5, 5.41) is 51.2. The molecule has 0 radical (unpaired) electrons. The molecule has 14 heteroatoms. The summed E-state index contributed by atoms with van der Waals surface area (Å²) in [7, 11) is 0. The quantitative estimate of drug-likeness (QED) is 0.109. The second-order valence-corrected chi connectivity index (χ2v) is 35.1. The molecule has 0 amide bonds. The van der Waals surface area contributed by atoms with E-state index in [1.165, 1.54) is 98.2 Å². The second kappa shape index (κ2) is 37.4. The molecule has 17 aromatic carbocycles. The number of benzene rings is 17. The lowest BCUT2D eigenvalue weighted by Crippen LogP contribution is -2.09. The average molecular weight is 1820 g/mol. The van der Waals surface area contributed by atoms with Crippen molar-refractivity contribution in [3.8, 4) is 108 Å². The van der Waals surface area contributed by atoms with Crippen molar-refractivity contribution >= 4 is 126 Å². The van der Waals surface area contributed by atoms with E-state index in [1.54, 1.807) is 49.6 Å². The van der Waals surface area contributed by atoms with Crippen molar-refractivity contribution in [3.05, 3.63) is 508 Å². The Bertz CT molecular complexity index is 9400. The Balaban J connectivity index is 0.000000106. The van der Waals surface area contributed by atoms with E-state index in [-0.39, 0.29) is 0 Å². The Morgan fingerprint density at radius 3 is 0.761 bits per heavy atom. The van der Waals surface area contributed by atoms with E-state index >= 15 is 0 Å². The third kappa shape index (κ3) is 15.8. The molecule has 14 nitrogen and oxygen atoms in total. The maximum absolute atomic E-state index is 9.84. The van der Waals surface area contributed by atoms with E-state index in [9.17, 15) is 21.0 Å². The van der Waals surface area contributed by atoms with Crippen LogP contribution in [0.15, 0.2) is 474 Å². The Kier molecular flexibility index (Phi) is 22.7. The smallest absolute Gasteiger partial charge is 0.0998 e. The Morgan fingerprint density at radius 1 is 0.183 bits per heavy atom. The Morgan fingerprint density at radius 2 is 0.430 bits per heavy atom. The number of hydrogen-bond acceptors (Lipinski definition) is 9. The number of fused-ring (bicyclic) bond motifs is 15. The van der Waals surface area contributed by atoms with Crippen molar-refractivity contribution in [2.75, 3.05) is 4.90 Å². The molecule has 9 heterocycles. The number of pyridine rings is 4. The molecular formula is C128H84N14. The lowest BCUT2D eigenvalue weighted by atomic mass is 10.0. The van der Waals surface area contributed by atoms with Crippen molar-refractivity contribution < 1.29 is 0 Å². The molecule has 142 heavy (non-hydrogen) atoms. The number of para-hydroxylation sites is 7. The summed E-state index contributed by atoms with van der Waals surface area (Å²) in [6.07, 6.45) is 14.1. The van der Waals surface area contributed by atoms with Crippen molar-refractivity contribution in [1.82, 2.24) is 42.8 Å². The largest absolute Gasteiger partial charge is 0.310 e. The molecule has 0 spiro atoms. The van der Waals surface area contributed by atoms with Crippen LogP contribution in [-0.2, 0) is 0 Å². The normalized spacial score (nSPS) is 11.1. The van der Waals surface area contributed by atoms with Crippen LogP contribution in [0.3, 0.4) is 0 Å². The van der Waals surface area contributed by atoms with Crippen LogP contribution in [0.2, 0.25) is 0 Å². The van der Waals surface area contributed by atoms with E-state index in [1.807, 2.05) is 115 Å². The van der Waals surface area contributed by atoms with Crippen LogP contribution >= 0.6 is 0 Å². The van der Waals surface area contributed by atoms with Crippen LogP contribution in [0.4, 0.5) is 17.1 Å². The van der Waals surface area contributed by atoms with Crippen LogP contribution in [0.5, 0.6) is 0 Å². The van der Waals surface area contributed by atoms with Gasteiger partial charge in [-0.05, 0) is 296 Å². The number of aromatic nitrogens is 9. The van der Waals surface area contributed by atoms with Crippen LogP contribution in [0.25, 0.3) is 193 Å². The SMILES string of the molecule is Cc1ccc2c(c1)c1cc(C)ccc1n2-c1ccc(C#N)c(-c2ccncc2)c1.N#Cc1ccc(-n2c3ccccc3c3cc(-c4ccccc4)ccc32)cc1-c1ccncc1.N#Cc1ccc(-n2c3ccccc3c3cc(-n4c5ccccc5c5ccccc54)ccc32)cc1-c1ccncc1.N#Cc1ccc(-n2c3ccccc3c3cc(N(c4ccccc4)c4ccccc4)ccc32)cc1-c1ccncc1. The van der Waals surface area contributed by atoms with E-state index in [0.29, 0.717) is 22.3 Å². The highest BCUT2D eigenvalue weighted by atomic mass is 15.1. The lowest BCUT2D eigenvalue weighted by molar-refractivity contribution is 1.16. The zero-order valence-electron chi connectivity index (χ0n) is 77.3. The average Bonchev–Trinajstić information content (AvgIpc) is 1.53. The molecule has 26 rings (SSSR count). The van der Waals surface area contributed by atoms with Gasteiger partial charge in [0.05, 0.1) is 102 Å². The first-order valence-electron chi connectivity index (χ1n) is 47.0. The summed E-state index contributed by atoms with van der Waals surface area (Å²) < 4.78 is 11.5. The molecular weight excluding hydrogens is 1730 g/mol. The van der Waals surface area contributed by atoms with Crippen LogP contribution in [0.1, 0.15) is 33.4 Å². The van der Waals surface area contributed by atoms with Crippen LogP contribution < -0.4 is 4.90 Å². The minimum atomic E-state index is 0.638. The summed E-state index contributed by atoms with van der Waals surface area (Å²) in [6.45, 7) is 4.25. The van der Waals surface area contributed by atoms with Gasteiger partial charge in [0.1, 0.15) is 0 Å². The van der Waals surface area contributed by atoms with Crippen LogP contribution in [-0.4, -0.2) is 42.8 Å². The minimum absolute atomic E-state index is 0.638. The Labute approximate surface area is 819 Å². The predicted molar refractivity (Wildman–Crippen MR) is 579 cm³/mol. The third-order valence-electron chi connectivity index (χ3n) is 26.8. The zero-order valence-corrected chi connectivity index (χ0v) is 77.3. The van der Waals surface area contributed by atoms with Gasteiger partial charge in [0, 0.05) is 171 Å². The predicted octanol–water partition coefficient (Wildman–Crippen LogP) is 31.7. The third-order valence-corrected chi connectivity index (χ3v) is 26.8. The van der Waals surface area contributed by atoms with Crippen molar-refractivity contribution in [1.29, 1.82) is 21.0 Å². The molecule has 0 fully saturated rings. The van der Waals surface area contributed by atoms with Gasteiger partial charge in [-0.3, -0.25) is 19.9 Å². The number of aryl methyl sites for hydroxylation is 2. The summed E-state index contributed by atoms with van der Waals surface area (Å²) in [5.41, 5.74) is 35.0. The van der Waals surface area contributed by atoms with E-state index in [2.05, 4.69) is 395 Å². The molecule has 0 aliphatic heterocycles. The maximum atomic E-state index is 9.84. The fraction of sp³-hybridized carbons (Fsp3) is 0.0156. The first-order valence-corrected chi connectivity index (χ1v) is 47.0. The molecule has 0 aliphatic carbocycles. The minimum Gasteiger partial charge on any atom is -0.310 e. The molecule has 0 saturated heterocycles. The van der Waals surface area contributed by atoms with E-state index < -0.39 is 0 Å². The molecule has 0 saturated carbocycles. The molecule has 666 valence electrons. The molecule has 0 unspecified atom stereocenters. The molecule has 26 aromatic rings. The summed E-state index contributed by atoms with van der Waals surface area (Å²) >= 11 is 0. The van der Waals surface area contributed by atoms with Gasteiger partial charge < -0.3 is 27.7 Å². The second-order valence-electron chi connectivity index (χ2n) is 35.1. The number of nitrogens with zero attached hydrogens (tertiary/aromatic N) is 14. The van der Waals surface area contributed by atoms with Gasteiger partial charge in [0.2, 0.25) is 0 Å². The first kappa shape index (κ1) is 86.2. The molecule has 9 aromatic heterocycles. The van der Waals surface area contributed by atoms with Gasteiger partial charge in [-0.15, -0.1) is 0 Å². The van der Waals surface area contributed by atoms with Crippen molar-refractivity contribution in [2.45, 2.75) is 13.8 Å². The standard InChI is InChI=1S/C36H22N4.C36H24N4.C30H19N3.C26H19N3/c37-23-25-13-14-26(21-31(25)24-17-19-38-20-18-24)40-35-12-6-3-9-30(35)32-22-27(15-16-36(32)40)39-33-10-4-1-7-28(33)29-8-2-5-11-34(29)39;37-25-27-15-16-31(23-33(27)26-19-21-38-22-20-26)40-35-14-8-7-13-32(35)34-24-30(17-18-36(34)40)39(28-9-3-1-4-10-28)29-11-5-2-6-12-29;31-20-24-10-12-25(19-27(24)22-14-16-32-17-15-22)33-29-9-5-4-8-26(29)28-18-23(11-13-30(28)33)21-6-2-1-3-7-21;1-17-3-7-25-23(13-17)24-14-18(2)4-8-26(24)29(25)21-6-5-20(16-27)22(15-21)19-9-11-28-12-10-19/h1-22H;1-24H;1-19H;3-15H,1-2H3. The summed E-state index contributed by atoms with van der Waals surface area (Å²) in [4.78, 5) is 18.8. The molecule has 0 bridgehead atoms. The zero-order chi connectivity index (χ0) is 95.7. The van der Waals surface area contributed by atoms with Crippen molar-refractivity contribution in [2.24, 2.45) is 0 Å². The first-order chi connectivity index (χ1) is 70.1. The fourth-order valence-corrected chi connectivity index (χ4v) is 20.3. The summed E-state index contributed by atoms with van der Waals surface area (Å²) in [5.74, 6) is 0. The van der Waals surface area contributed by atoms with Crippen molar-refractivity contribution in [3.63, 3.8) is 0 Å². The monoisotopic (exact) mass is 1820 g/mol. The molecule has 0 N–H and O–H groups in total. The van der Waals surface area contributed by atoms with E-state index in [4.69, 9.17) is 0 Å². The van der Waals surface area contributed by atoms with Gasteiger partial charge in [-0.1, -0.05) is 187 Å². The maximum Gasteiger partial charge on any atom is 0.0998 e. The number of anilines is 3. The number of rotatable bonds is 13. The van der Waals surface area contributed by atoms with Crippen LogP contribution in [0, 0.1) is 59.2 Å². The molecule has 0 aliphatic rings.